The molecule has 2 aromatic heterocycles. The van der Waals surface area contributed by atoms with E-state index in [0.717, 1.165) is 10.9 Å². The number of H-pyrrole nitrogens is 1. The second kappa shape index (κ2) is 4.69. The number of nitrogens with two attached hydrogens (primary N) is 1. The molecule has 102 valence electrons. The first-order valence-electron chi connectivity index (χ1n) is 6.07. The maximum Gasteiger partial charge on any atom is 0.253 e. The highest BCUT2D eigenvalue weighted by Gasteiger charge is 2.12. The minimum Gasteiger partial charge on any atom is -0.399 e. The van der Waals surface area contributed by atoms with E-state index in [4.69, 9.17) is 10.3 Å². The number of aromatic nitrogens is 3. The monoisotopic (exact) mass is 271 g/mol. The number of amides is 1. The average Bonchev–Trinajstić information content (AvgIpc) is 3.01. The maximum absolute atomic E-state index is 12.1. The molecule has 2 heterocycles. The van der Waals surface area contributed by atoms with E-state index < -0.39 is 0 Å². The van der Waals surface area contributed by atoms with Crippen LogP contribution in [-0.4, -0.2) is 21.0 Å². The second-order valence-electron chi connectivity index (χ2n) is 4.42. The molecule has 0 bridgehead atoms. The average molecular weight is 271 g/mol. The first-order chi connectivity index (χ1) is 9.63. The summed E-state index contributed by atoms with van der Waals surface area (Å²) in [6, 6.07) is 5.36. The summed E-state index contributed by atoms with van der Waals surface area (Å²) in [6.07, 6.45) is 1.65. The van der Waals surface area contributed by atoms with Crippen LogP contribution >= 0.6 is 0 Å². The zero-order valence-corrected chi connectivity index (χ0v) is 10.8. The molecule has 0 atom stereocenters. The van der Waals surface area contributed by atoms with Gasteiger partial charge in [-0.25, -0.2) is 0 Å². The van der Waals surface area contributed by atoms with Crippen molar-refractivity contribution in [1.29, 1.82) is 0 Å². The molecule has 0 fully saturated rings. The van der Waals surface area contributed by atoms with Crippen LogP contribution in [0.3, 0.4) is 0 Å². The molecule has 0 saturated carbocycles. The molecule has 0 aliphatic rings. The molecule has 3 aromatic rings. The summed E-state index contributed by atoms with van der Waals surface area (Å²) in [5.41, 5.74) is 7.73. The van der Waals surface area contributed by atoms with E-state index in [1.165, 1.54) is 0 Å². The number of carbonyl (C=O) groups excluding carboxylic acids is 1. The summed E-state index contributed by atoms with van der Waals surface area (Å²) in [6.45, 7) is 1.92. The fraction of sp³-hybridized carbons (Fsp3) is 0.154. The van der Waals surface area contributed by atoms with Crippen LogP contribution in [0.2, 0.25) is 0 Å². The number of nitrogens with one attached hydrogen (secondary N) is 2. The van der Waals surface area contributed by atoms with Gasteiger partial charge in [-0.3, -0.25) is 4.79 Å². The Kier molecular flexibility index (Phi) is 2.86. The van der Waals surface area contributed by atoms with Crippen molar-refractivity contribution in [2.45, 2.75) is 13.5 Å². The zero-order chi connectivity index (χ0) is 14.1. The Hall–Kier alpha value is -2.83. The smallest absolute Gasteiger partial charge is 0.253 e. The normalized spacial score (nSPS) is 10.8. The number of aryl methyl sites for hydroxylation is 1. The second-order valence-corrected chi connectivity index (χ2v) is 4.42. The van der Waals surface area contributed by atoms with Gasteiger partial charge >= 0.3 is 0 Å². The highest BCUT2D eigenvalue weighted by Crippen LogP contribution is 2.20. The fourth-order valence-corrected chi connectivity index (χ4v) is 2.00. The van der Waals surface area contributed by atoms with Crippen molar-refractivity contribution in [3.05, 3.63) is 41.7 Å². The predicted molar refractivity (Wildman–Crippen MR) is 72.9 cm³/mol. The van der Waals surface area contributed by atoms with Crippen LogP contribution in [0.25, 0.3) is 10.9 Å². The number of hydrogen-bond acceptors (Lipinski definition) is 5. The van der Waals surface area contributed by atoms with Crippen LogP contribution in [-0.2, 0) is 6.54 Å². The van der Waals surface area contributed by atoms with Gasteiger partial charge in [0, 0.05) is 29.7 Å². The molecule has 0 aliphatic heterocycles. The number of hydrogen-bond donors (Lipinski definition) is 3. The Morgan fingerprint density at radius 3 is 3.10 bits per heavy atom. The van der Waals surface area contributed by atoms with Gasteiger partial charge in [0.05, 0.1) is 12.1 Å². The third kappa shape index (κ3) is 2.20. The molecule has 7 heteroatoms. The summed E-state index contributed by atoms with van der Waals surface area (Å²) >= 11 is 0. The molecule has 3 rings (SSSR count). The van der Waals surface area contributed by atoms with Crippen molar-refractivity contribution in [1.82, 2.24) is 20.4 Å². The molecule has 0 aliphatic carbocycles. The Morgan fingerprint density at radius 2 is 2.35 bits per heavy atom. The van der Waals surface area contributed by atoms with E-state index in [0.29, 0.717) is 23.0 Å². The van der Waals surface area contributed by atoms with E-state index in [1.54, 1.807) is 25.3 Å². The summed E-state index contributed by atoms with van der Waals surface area (Å²) in [5, 5.41) is 7.28. The van der Waals surface area contributed by atoms with Crippen LogP contribution in [0.4, 0.5) is 5.69 Å². The van der Waals surface area contributed by atoms with E-state index in [1.807, 2.05) is 6.07 Å². The topological polar surface area (TPSA) is 110 Å². The van der Waals surface area contributed by atoms with Crippen molar-refractivity contribution in [3.8, 4) is 0 Å². The van der Waals surface area contributed by atoms with Crippen molar-refractivity contribution >= 4 is 22.5 Å². The first kappa shape index (κ1) is 12.2. The minimum absolute atomic E-state index is 0.205. The molecule has 4 N–H and O–H groups in total. The minimum atomic E-state index is -0.205. The van der Waals surface area contributed by atoms with Crippen molar-refractivity contribution < 1.29 is 9.32 Å². The SMILES string of the molecule is Cc1nc(CNC(=O)c2c[nH]c3cc(N)ccc23)no1. The summed E-state index contributed by atoms with van der Waals surface area (Å²) < 4.78 is 4.84. The Morgan fingerprint density at radius 1 is 1.50 bits per heavy atom. The van der Waals surface area contributed by atoms with Gasteiger partial charge in [-0.05, 0) is 18.2 Å². The molecule has 0 saturated heterocycles. The lowest BCUT2D eigenvalue weighted by atomic mass is 10.1. The fourth-order valence-electron chi connectivity index (χ4n) is 2.00. The van der Waals surface area contributed by atoms with Gasteiger partial charge in [0.25, 0.3) is 5.91 Å². The van der Waals surface area contributed by atoms with E-state index in [2.05, 4.69) is 20.4 Å². The van der Waals surface area contributed by atoms with E-state index in [-0.39, 0.29) is 12.5 Å². The van der Waals surface area contributed by atoms with Gasteiger partial charge in [0.15, 0.2) is 5.82 Å². The molecule has 20 heavy (non-hydrogen) atoms. The molecule has 1 amide bonds. The van der Waals surface area contributed by atoms with Gasteiger partial charge in [0.2, 0.25) is 5.89 Å². The molecule has 0 spiro atoms. The number of nitrogens with zero attached hydrogens (tertiary/aromatic N) is 2. The predicted octanol–water partition coefficient (Wildman–Crippen LogP) is 1.37. The number of fused-ring (bicyclic) bond motifs is 1. The number of carbonyl (C=O) groups is 1. The van der Waals surface area contributed by atoms with Crippen LogP contribution < -0.4 is 11.1 Å². The highest BCUT2D eigenvalue weighted by atomic mass is 16.5. The van der Waals surface area contributed by atoms with Crippen LogP contribution in [0.5, 0.6) is 0 Å². The Bertz CT molecular complexity index is 774. The number of rotatable bonds is 3. The lowest BCUT2D eigenvalue weighted by Crippen LogP contribution is -2.23. The molecule has 0 unspecified atom stereocenters. The van der Waals surface area contributed by atoms with Gasteiger partial charge in [-0.15, -0.1) is 0 Å². The maximum atomic E-state index is 12.1. The zero-order valence-electron chi connectivity index (χ0n) is 10.8. The van der Waals surface area contributed by atoms with Gasteiger partial charge in [-0.2, -0.15) is 4.98 Å². The largest absolute Gasteiger partial charge is 0.399 e. The summed E-state index contributed by atoms with van der Waals surface area (Å²) in [7, 11) is 0. The highest BCUT2D eigenvalue weighted by molar-refractivity contribution is 6.07. The third-order valence-corrected chi connectivity index (χ3v) is 2.93. The lowest BCUT2D eigenvalue weighted by Gasteiger charge is -2.01. The standard InChI is InChI=1S/C13H13N5O2/c1-7-17-12(18-20-7)6-16-13(19)10-5-15-11-4-8(14)2-3-9(10)11/h2-5,15H,6,14H2,1H3,(H,16,19). The lowest BCUT2D eigenvalue weighted by molar-refractivity contribution is 0.0951. The van der Waals surface area contributed by atoms with Crippen molar-refractivity contribution in [3.63, 3.8) is 0 Å². The number of aromatic amines is 1. The third-order valence-electron chi connectivity index (χ3n) is 2.93. The number of benzene rings is 1. The van der Waals surface area contributed by atoms with Gasteiger partial charge < -0.3 is 20.6 Å². The molecule has 7 nitrogen and oxygen atoms in total. The van der Waals surface area contributed by atoms with E-state index >= 15 is 0 Å². The number of nitrogen functional groups attached to an aromatic ring is 1. The van der Waals surface area contributed by atoms with Crippen molar-refractivity contribution in [2.75, 3.05) is 5.73 Å². The van der Waals surface area contributed by atoms with Gasteiger partial charge in [-0.1, -0.05) is 5.16 Å². The van der Waals surface area contributed by atoms with E-state index in [9.17, 15) is 4.79 Å². The number of anilines is 1. The van der Waals surface area contributed by atoms with Gasteiger partial charge in [0.1, 0.15) is 0 Å². The van der Waals surface area contributed by atoms with Crippen LogP contribution in [0.1, 0.15) is 22.1 Å². The summed E-state index contributed by atoms with van der Waals surface area (Å²) in [4.78, 5) is 19.2. The van der Waals surface area contributed by atoms with Crippen LogP contribution in [0, 0.1) is 6.92 Å². The summed E-state index contributed by atoms with van der Waals surface area (Å²) in [5.74, 6) is 0.709. The van der Waals surface area contributed by atoms with Crippen LogP contribution in [0.15, 0.2) is 28.9 Å². The Labute approximate surface area is 114 Å². The first-order valence-corrected chi connectivity index (χ1v) is 6.07. The molecule has 1 aromatic carbocycles. The molecule has 0 radical (unpaired) electrons. The Balaban J connectivity index is 1.78. The quantitative estimate of drug-likeness (QED) is 0.623. The molecular formula is C13H13N5O2. The van der Waals surface area contributed by atoms with Crippen molar-refractivity contribution in [2.24, 2.45) is 0 Å². The molecular weight excluding hydrogens is 258 g/mol.